The third kappa shape index (κ3) is 5.16. The van der Waals surface area contributed by atoms with E-state index in [9.17, 15) is 9.59 Å². The Morgan fingerprint density at radius 1 is 1.03 bits per heavy atom. The number of fused-ring (bicyclic) bond motifs is 1. The third-order valence-electron chi connectivity index (χ3n) is 6.20. The fourth-order valence-electron chi connectivity index (χ4n) is 4.33. The Kier molecular flexibility index (Phi) is 7.09. The smallest absolute Gasteiger partial charge is 0.337 e. The molecule has 0 radical (unpaired) electrons. The van der Waals surface area contributed by atoms with E-state index in [4.69, 9.17) is 14.1 Å². The lowest BCUT2D eigenvalue weighted by atomic mass is 9.95. The summed E-state index contributed by atoms with van der Waals surface area (Å²) < 4.78 is 10.7. The van der Waals surface area contributed by atoms with Crippen LogP contribution < -0.4 is 5.32 Å². The molecular formula is C29H26N2O4S. The number of esters is 1. The summed E-state index contributed by atoms with van der Waals surface area (Å²) in [6.07, 6.45) is 5.78. The molecule has 0 fully saturated rings. The van der Waals surface area contributed by atoms with Crippen molar-refractivity contribution in [1.82, 2.24) is 5.32 Å². The van der Waals surface area contributed by atoms with Gasteiger partial charge in [0.1, 0.15) is 16.5 Å². The number of hydrogen-bond acceptors (Lipinski definition) is 6. The number of ether oxygens (including phenoxy) is 1. The molecule has 0 unspecified atom stereocenters. The number of methoxy groups -OCH3 is 1. The van der Waals surface area contributed by atoms with Gasteiger partial charge >= 0.3 is 5.97 Å². The van der Waals surface area contributed by atoms with Gasteiger partial charge < -0.3 is 14.5 Å². The molecule has 0 saturated heterocycles. The van der Waals surface area contributed by atoms with E-state index in [0.29, 0.717) is 34.2 Å². The molecule has 0 aliphatic heterocycles. The zero-order valence-electron chi connectivity index (χ0n) is 20.0. The highest BCUT2D eigenvalue weighted by Gasteiger charge is 2.25. The first-order valence-corrected chi connectivity index (χ1v) is 12.7. The molecule has 2 heterocycles. The van der Waals surface area contributed by atoms with Gasteiger partial charge in [-0.1, -0.05) is 42.5 Å². The van der Waals surface area contributed by atoms with Crippen LogP contribution >= 0.6 is 11.3 Å². The van der Waals surface area contributed by atoms with Gasteiger partial charge in [0.2, 0.25) is 0 Å². The Bertz CT molecular complexity index is 1400. The zero-order valence-corrected chi connectivity index (χ0v) is 20.8. The minimum atomic E-state index is -0.379. The SMILES string of the molecule is COC(=O)c1ccc(-c2ccc(C=Nc3sc4c(c3C(=O)NCc3ccccc3)CCCC4)o2)cc1. The maximum Gasteiger partial charge on any atom is 0.337 e. The van der Waals surface area contributed by atoms with Crippen LogP contribution in [0.25, 0.3) is 11.3 Å². The Labute approximate surface area is 213 Å². The molecule has 0 saturated carbocycles. The van der Waals surface area contributed by atoms with Gasteiger partial charge in [-0.15, -0.1) is 11.3 Å². The molecule has 1 aliphatic carbocycles. The predicted molar refractivity (Wildman–Crippen MR) is 141 cm³/mol. The highest BCUT2D eigenvalue weighted by Crippen LogP contribution is 2.40. The van der Waals surface area contributed by atoms with Gasteiger partial charge in [-0.05, 0) is 61.1 Å². The van der Waals surface area contributed by atoms with E-state index in [0.717, 1.165) is 42.4 Å². The van der Waals surface area contributed by atoms with Crippen LogP contribution in [0.4, 0.5) is 5.00 Å². The maximum atomic E-state index is 13.2. The number of furan rings is 1. The molecule has 182 valence electrons. The molecule has 4 aromatic rings. The van der Waals surface area contributed by atoms with Crippen molar-refractivity contribution >= 4 is 34.4 Å². The van der Waals surface area contributed by atoms with Crippen LogP contribution in [0.3, 0.4) is 0 Å². The summed E-state index contributed by atoms with van der Waals surface area (Å²) in [4.78, 5) is 30.8. The summed E-state index contributed by atoms with van der Waals surface area (Å²) in [5.41, 5.74) is 4.20. The standard InChI is InChI=1S/C29H26N2O4S/c1-34-29(33)21-13-11-20(12-14-21)24-16-15-22(35-24)18-31-28-26(23-9-5-6-10-25(23)36-28)27(32)30-17-19-7-3-2-4-8-19/h2-4,7-8,11-16,18H,5-6,9-10,17H2,1H3,(H,30,32). The van der Waals surface area contributed by atoms with Crippen LogP contribution in [-0.2, 0) is 24.1 Å². The number of thiophene rings is 1. The Balaban J connectivity index is 1.36. The molecule has 5 rings (SSSR count). The molecule has 0 atom stereocenters. The molecule has 1 N–H and O–H groups in total. The van der Waals surface area contributed by atoms with E-state index < -0.39 is 0 Å². The fourth-order valence-corrected chi connectivity index (χ4v) is 5.56. The van der Waals surface area contributed by atoms with Crippen LogP contribution in [0.1, 0.15) is 55.3 Å². The van der Waals surface area contributed by atoms with Crippen LogP contribution in [-0.4, -0.2) is 25.2 Å². The van der Waals surface area contributed by atoms with Gasteiger partial charge in [0.15, 0.2) is 0 Å². The number of aliphatic imine (C=N–C) groups is 1. The van der Waals surface area contributed by atoms with E-state index in [1.165, 1.54) is 12.0 Å². The summed E-state index contributed by atoms with van der Waals surface area (Å²) >= 11 is 1.60. The maximum absolute atomic E-state index is 13.2. The predicted octanol–water partition coefficient (Wildman–Crippen LogP) is 6.35. The van der Waals surface area contributed by atoms with Gasteiger partial charge in [0.25, 0.3) is 5.91 Å². The molecule has 2 aromatic heterocycles. The number of aryl methyl sites for hydroxylation is 1. The van der Waals surface area contributed by atoms with Crippen molar-refractivity contribution in [3.05, 3.63) is 99.6 Å². The fraction of sp³-hybridized carbons (Fsp3) is 0.207. The largest absolute Gasteiger partial charge is 0.465 e. The average Bonchev–Trinajstić information content (AvgIpc) is 3.55. The lowest BCUT2D eigenvalue weighted by Crippen LogP contribution is -2.24. The molecule has 2 aromatic carbocycles. The number of nitrogens with one attached hydrogen (secondary N) is 1. The van der Waals surface area contributed by atoms with Gasteiger partial charge in [-0.2, -0.15) is 0 Å². The number of carbonyl (C=O) groups excluding carboxylic acids is 2. The average molecular weight is 499 g/mol. The molecule has 7 heteroatoms. The molecule has 1 aliphatic rings. The van der Waals surface area contributed by atoms with Crippen LogP contribution in [0, 0.1) is 0 Å². The number of hydrogen-bond donors (Lipinski definition) is 1. The summed E-state index contributed by atoms with van der Waals surface area (Å²) in [5.74, 6) is 0.788. The molecule has 1 amide bonds. The first-order valence-electron chi connectivity index (χ1n) is 11.9. The normalized spacial score (nSPS) is 12.9. The van der Waals surface area contributed by atoms with Crippen molar-refractivity contribution in [2.45, 2.75) is 32.2 Å². The molecular weight excluding hydrogens is 472 g/mol. The third-order valence-corrected chi connectivity index (χ3v) is 7.40. The van der Waals surface area contributed by atoms with Crippen molar-refractivity contribution in [3.8, 4) is 11.3 Å². The van der Waals surface area contributed by atoms with E-state index in [2.05, 4.69) is 5.32 Å². The van der Waals surface area contributed by atoms with E-state index >= 15 is 0 Å². The van der Waals surface area contributed by atoms with Crippen LogP contribution in [0.15, 0.2) is 76.1 Å². The lowest BCUT2D eigenvalue weighted by molar-refractivity contribution is 0.0600. The first-order chi connectivity index (χ1) is 17.6. The van der Waals surface area contributed by atoms with Crippen molar-refractivity contribution in [3.63, 3.8) is 0 Å². The molecule has 0 spiro atoms. The summed E-state index contributed by atoms with van der Waals surface area (Å²) in [6.45, 7) is 0.476. The van der Waals surface area contributed by atoms with Crippen molar-refractivity contribution < 1.29 is 18.7 Å². The van der Waals surface area contributed by atoms with Gasteiger partial charge in [0.05, 0.1) is 24.5 Å². The second-order valence-electron chi connectivity index (χ2n) is 8.59. The molecule has 36 heavy (non-hydrogen) atoms. The number of carbonyl (C=O) groups is 2. The second-order valence-corrected chi connectivity index (χ2v) is 9.67. The molecule has 0 bridgehead atoms. The van der Waals surface area contributed by atoms with Crippen molar-refractivity contribution in [1.29, 1.82) is 0 Å². The number of amides is 1. The highest BCUT2D eigenvalue weighted by molar-refractivity contribution is 7.16. The minimum absolute atomic E-state index is 0.0868. The Morgan fingerprint density at radius 2 is 1.81 bits per heavy atom. The zero-order chi connectivity index (χ0) is 24.9. The summed E-state index contributed by atoms with van der Waals surface area (Å²) in [7, 11) is 1.36. The topological polar surface area (TPSA) is 80.9 Å². The van der Waals surface area contributed by atoms with Crippen molar-refractivity contribution in [2.24, 2.45) is 4.99 Å². The Hall–Kier alpha value is -3.97. The van der Waals surface area contributed by atoms with E-state index in [1.807, 2.05) is 54.6 Å². The quantitative estimate of drug-likeness (QED) is 0.238. The van der Waals surface area contributed by atoms with Gasteiger partial charge in [0, 0.05) is 17.0 Å². The van der Waals surface area contributed by atoms with Gasteiger partial charge in [-0.3, -0.25) is 4.79 Å². The summed E-state index contributed by atoms with van der Waals surface area (Å²) in [5, 5.41) is 3.79. The van der Waals surface area contributed by atoms with Gasteiger partial charge in [-0.25, -0.2) is 9.79 Å². The molecule has 6 nitrogen and oxygen atoms in total. The minimum Gasteiger partial charge on any atom is -0.465 e. The number of nitrogens with zero attached hydrogens (tertiary/aromatic N) is 1. The van der Waals surface area contributed by atoms with E-state index in [1.54, 1.807) is 29.7 Å². The second kappa shape index (κ2) is 10.7. The van der Waals surface area contributed by atoms with E-state index in [-0.39, 0.29) is 11.9 Å². The van der Waals surface area contributed by atoms with Crippen molar-refractivity contribution in [2.75, 3.05) is 7.11 Å². The lowest BCUT2D eigenvalue weighted by Gasteiger charge is -2.12. The number of rotatable bonds is 7. The monoisotopic (exact) mass is 498 g/mol. The van der Waals surface area contributed by atoms with Crippen LogP contribution in [0.5, 0.6) is 0 Å². The first kappa shape index (κ1) is 23.8. The number of benzene rings is 2. The Morgan fingerprint density at radius 3 is 2.58 bits per heavy atom. The highest BCUT2D eigenvalue weighted by atomic mass is 32.1. The van der Waals surface area contributed by atoms with Crippen LogP contribution in [0.2, 0.25) is 0 Å². The summed E-state index contributed by atoms with van der Waals surface area (Å²) in [6, 6.07) is 20.6.